The van der Waals surface area contributed by atoms with Gasteiger partial charge in [-0.1, -0.05) is 60.7 Å². The summed E-state index contributed by atoms with van der Waals surface area (Å²) in [5, 5.41) is 2.75. The Morgan fingerprint density at radius 3 is 2.19 bits per heavy atom. The average Bonchev–Trinajstić information content (AvgIpc) is 2.66. The first-order valence-corrected chi connectivity index (χ1v) is 8.55. The molecule has 2 atom stereocenters. The predicted octanol–water partition coefficient (Wildman–Crippen LogP) is 2.09. The van der Waals surface area contributed by atoms with Crippen LogP contribution in [0.2, 0.25) is 0 Å². The Morgan fingerprint density at radius 2 is 1.62 bits per heavy atom. The van der Waals surface area contributed by atoms with Crippen LogP contribution in [-0.4, -0.2) is 30.8 Å². The van der Waals surface area contributed by atoms with Gasteiger partial charge in [0.1, 0.15) is 0 Å². The molecule has 0 radical (unpaired) electrons. The highest BCUT2D eigenvalue weighted by atomic mass is 16.5. The van der Waals surface area contributed by atoms with E-state index in [-0.39, 0.29) is 18.6 Å². The third kappa shape index (κ3) is 3.52. The quantitative estimate of drug-likeness (QED) is 0.661. The van der Waals surface area contributed by atoms with Gasteiger partial charge in [-0.15, -0.1) is 0 Å². The normalized spacial score (nSPS) is 22.6. The lowest BCUT2D eigenvalue weighted by Crippen LogP contribution is -2.60. The topological polar surface area (TPSA) is 72.5 Å². The van der Waals surface area contributed by atoms with Gasteiger partial charge in [0.05, 0.1) is 13.2 Å². The van der Waals surface area contributed by atoms with E-state index >= 15 is 0 Å². The molecule has 5 heteroatoms. The SMILES string of the molecule is COC(=O)[C@]1(Cc2ccccc2)CC(=O)[C@H](Cc2ccccc2)NC1=O. The number of nitrogens with one attached hydrogen (secondary N) is 1. The van der Waals surface area contributed by atoms with Gasteiger partial charge in [-0.3, -0.25) is 14.4 Å². The summed E-state index contributed by atoms with van der Waals surface area (Å²) in [6.45, 7) is 0. The molecule has 0 bridgehead atoms. The third-order valence-corrected chi connectivity index (χ3v) is 4.81. The molecule has 134 valence electrons. The molecular formula is C21H21NO4. The fraction of sp³-hybridized carbons (Fsp3) is 0.286. The monoisotopic (exact) mass is 351 g/mol. The number of ether oxygens (including phenoxy) is 1. The van der Waals surface area contributed by atoms with Crippen LogP contribution in [0, 0.1) is 5.41 Å². The van der Waals surface area contributed by atoms with Crippen LogP contribution in [0.15, 0.2) is 60.7 Å². The van der Waals surface area contributed by atoms with Gasteiger partial charge in [-0.25, -0.2) is 0 Å². The van der Waals surface area contributed by atoms with E-state index in [0.717, 1.165) is 11.1 Å². The van der Waals surface area contributed by atoms with E-state index in [1.807, 2.05) is 60.7 Å². The van der Waals surface area contributed by atoms with Gasteiger partial charge in [0.25, 0.3) is 0 Å². The van der Waals surface area contributed by atoms with Crippen molar-refractivity contribution in [1.29, 1.82) is 0 Å². The molecule has 1 aliphatic rings. The molecule has 1 amide bonds. The Hall–Kier alpha value is -2.95. The summed E-state index contributed by atoms with van der Waals surface area (Å²) in [5.41, 5.74) is 0.252. The number of benzene rings is 2. The van der Waals surface area contributed by atoms with E-state index in [2.05, 4.69) is 5.32 Å². The van der Waals surface area contributed by atoms with E-state index in [0.29, 0.717) is 6.42 Å². The molecule has 0 aliphatic carbocycles. The summed E-state index contributed by atoms with van der Waals surface area (Å²) in [5.74, 6) is -1.28. The molecule has 0 unspecified atom stereocenters. The maximum Gasteiger partial charge on any atom is 0.322 e. The highest BCUT2D eigenvalue weighted by Gasteiger charge is 2.53. The minimum absolute atomic E-state index is 0.135. The number of hydrogen-bond donors (Lipinski definition) is 1. The molecule has 26 heavy (non-hydrogen) atoms. The summed E-state index contributed by atoms with van der Waals surface area (Å²) in [6.07, 6.45) is 0.391. The van der Waals surface area contributed by atoms with Crippen LogP contribution in [0.25, 0.3) is 0 Å². The van der Waals surface area contributed by atoms with Crippen LogP contribution in [0.1, 0.15) is 17.5 Å². The molecule has 2 aromatic carbocycles. The Labute approximate surface area is 152 Å². The minimum atomic E-state index is -1.51. The lowest BCUT2D eigenvalue weighted by Gasteiger charge is -2.36. The average molecular weight is 351 g/mol. The minimum Gasteiger partial charge on any atom is -0.468 e. The zero-order chi connectivity index (χ0) is 18.6. The van der Waals surface area contributed by atoms with E-state index in [1.165, 1.54) is 7.11 Å². The number of ketones is 1. The van der Waals surface area contributed by atoms with E-state index in [4.69, 9.17) is 4.74 Å². The smallest absolute Gasteiger partial charge is 0.322 e. The first-order chi connectivity index (χ1) is 12.5. The summed E-state index contributed by atoms with van der Waals surface area (Å²) in [7, 11) is 1.24. The number of piperidine rings is 1. The van der Waals surface area contributed by atoms with Crippen molar-refractivity contribution in [2.24, 2.45) is 5.41 Å². The number of amides is 1. The molecule has 1 N–H and O–H groups in total. The third-order valence-electron chi connectivity index (χ3n) is 4.81. The number of rotatable bonds is 5. The molecule has 1 fully saturated rings. The maximum atomic E-state index is 12.9. The molecule has 5 nitrogen and oxygen atoms in total. The first kappa shape index (κ1) is 17.9. The van der Waals surface area contributed by atoms with Crippen molar-refractivity contribution in [2.75, 3.05) is 7.11 Å². The second kappa shape index (κ2) is 7.52. The highest BCUT2D eigenvalue weighted by Crippen LogP contribution is 2.34. The van der Waals surface area contributed by atoms with Gasteiger partial charge in [-0.05, 0) is 24.0 Å². The van der Waals surface area contributed by atoms with Crippen molar-refractivity contribution in [3.8, 4) is 0 Å². The Morgan fingerprint density at radius 1 is 1.04 bits per heavy atom. The van der Waals surface area contributed by atoms with Crippen LogP contribution in [0.5, 0.6) is 0 Å². The van der Waals surface area contributed by atoms with Crippen LogP contribution >= 0.6 is 0 Å². The second-order valence-electron chi connectivity index (χ2n) is 6.59. The fourth-order valence-electron chi connectivity index (χ4n) is 3.41. The van der Waals surface area contributed by atoms with Crippen molar-refractivity contribution in [1.82, 2.24) is 5.32 Å². The summed E-state index contributed by atoms with van der Waals surface area (Å²) >= 11 is 0. The number of carbonyl (C=O) groups excluding carboxylic acids is 3. The van der Waals surface area contributed by atoms with Gasteiger partial charge < -0.3 is 10.1 Å². The Bertz CT molecular complexity index is 803. The van der Waals surface area contributed by atoms with Gasteiger partial charge in [-0.2, -0.15) is 0 Å². The number of methoxy groups -OCH3 is 1. The number of carbonyl (C=O) groups is 3. The summed E-state index contributed by atoms with van der Waals surface area (Å²) in [6, 6.07) is 18.1. The van der Waals surface area contributed by atoms with Gasteiger partial charge >= 0.3 is 5.97 Å². The van der Waals surface area contributed by atoms with Crippen LogP contribution in [0.4, 0.5) is 0 Å². The molecule has 0 spiro atoms. The Kier molecular flexibility index (Phi) is 5.16. The summed E-state index contributed by atoms with van der Waals surface area (Å²) < 4.78 is 4.89. The highest BCUT2D eigenvalue weighted by molar-refractivity contribution is 6.11. The molecule has 3 rings (SSSR count). The summed E-state index contributed by atoms with van der Waals surface area (Å²) in [4.78, 5) is 38.1. The lowest BCUT2D eigenvalue weighted by molar-refractivity contribution is -0.164. The van der Waals surface area contributed by atoms with Crippen molar-refractivity contribution in [3.05, 3.63) is 71.8 Å². The molecule has 2 aromatic rings. The van der Waals surface area contributed by atoms with Crippen molar-refractivity contribution < 1.29 is 19.1 Å². The molecule has 0 saturated carbocycles. The predicted molar refractivity (Wildman–Crippen MR) is 96.3 cm³/mol. The standard InChI is InChI=1S/C21H21NO4/c1-26-20(25)21(13-16-10-6-3-7-11-16)14-18(23)17(22-19(21)24)12-15-8-4-2-5-9-15/h2-11,17H,12-14H2,1H3,(H,22,24)/t17-,21+/m0/s1. The largest absolute Gasteiger partial charge is 0.468 e. The van der Waals surface area contributed by atoms with E-state index in [9.17, 15) is 14.4 Å². The van der Waals surface area contributed by atoms with Gasteiger partial charge in [0.2, 0.25) is 5.91 Å². The van der Waals surface area contributed by atoms with E-state index in [1.54, 1.807) is 0 Å². The fourth-order valence-corrected chi connectivity index (χ4v) is 3.41. The van der Waals surface area contributed by atoms with Crippen LogP contribution < -0.4 is 5.32 Å². The van der Waals surface area contributed by atoms with Crippen LogP contribution in [-0.2, 0) is 32.0 Å². The van der Waals surface area contributed by atoms with Gasteiger partial charge in [0, 0.05) is 6.42 Å². The molecule has 1 heterocycles. The molecular weight excluding hydrogens is 330 g/mol. The molecule has 0 aromatic heterocycles. The van der Waals surface area contributed by atoms with Crippen LogP contribution in [0.3, 0.4) is 0 Å². The Balaban J connectivity index is 1.85. The van der Waals surface area contributed by atoms with E-state index < -0.39 is 23.3 Å². The zero-order valence-electron chi connectivity index (χ0n) is 14.6. The lowest BCUT2D eigenvalue weighted by atomic mass is 9.72. The molecule has 1 saturated heterocycles. The number of Topliss-reactive ketones (excluding diaryl/α,β-unsaturated/α-hetero) is 1. The van der Waals surface area contributed by atoms with Crippen molar-refractivity contribution in [3.63, 3.8) is 0 Å². The first-order valence-electron chi connectivity index (χ1n) is 8.55. The number of esters is 1. The second-order valence-corrected chi connectivity index (χ2v) is 6.59. The van der Waals surface area contributed by atoms with Gasteiger partial charge in [0.15, 0.2) is 11.2 Å². The maximum absolute atomic E-state index is 12.9. The zero-order valence-corrected chi connectivity index (χ0v) is 14.6. The van der Waals surface area contributed by atoms with Crippen molar-refractivity contribution >= 4 is 17.7 Å². The van der Waals surface area contributed by atoms with Crippen molar-refractivity contribution in [2.45, 2.75) is 25.3 Å². The molecule has 1 aliphatic heterocycles. The number of hydrogen-bond acceptors (Lipinski definition) is 4.